The van der Waals surface area contributed by atoms with Crippen molar-refractivity contribution in [3.63, 3.8) is 0 Å². The van der Waals surface area contributed by atoms with Crippen LogP contribution in [0, 0.1) is 12.8 Å². The molecule has 2 N–H and O–H groups in total. The monoisotopic (exact) mass is 266 g/mol. The maximum absolute atomic E-state index is 12.0. The summed E-state index contributed by atoms with van der Waals surface area (Å²) in [6, 6.07) is 5.53. The number of nitrogens with one attached hydrogen (secondary N) is 2. The first-order chi connectivity index (χ1) is 8.68. The molecule has 2 rings (SSSR count). The van der Waals surface area contributed by atoms with Crippen LogP contribution in [-0.4, -0.2) is 25.5 Å². The fourth-order valence-corrected chi connectivity index (χ4v) is 2.47. The van der Waals surface area contributed by atoms with Crippen molar-refractivity contribution in [1.29, 1.82) is 0 Å². The van der Waals surface area contributed by atoms with E-state index in [1.54, 1.807) is 6.07 Å². The number of benzene rings is 1. The molecule has 18 heavy (non-hydrogen) atoms. The molecule has 3 nitrogen and oxygen atoms in total. The summed E-state index contributed by atoms with van der Waals surface area (Å²) in [4.78, 5) is 12.0. The summed E-state index contributed by atoms with van der Waals surface area (Å²) < 4.78 is 0. The summed E-state index contributed by atoms with van der Waals surface area (Å²) in [6.45, 7) is 4.70. The van der Waals surface area contributed by atoms with E-state index >= 15 is 0 Å². The van der Waals surface area contributed by atoms with E-state index in [0.29, 0.717) is 16.5 Å². The highest BCUT2D eigenvalue weighted by Crippen LogP contribution is 2.20. The Morgan fingerprint density at radius 3 is 3.11 bits per heavy atom. The van der Waals surface area contributed by atoms with Crippen molar-refractivity contribution in [2.24, 2.45) is 5.92 Å². The number of halogens is 1. The topological polar surface area (TPSA) is 41.1 Å². The Balaban J connectivity index is 1.93. The Labute approximate surface area is 113 Å². The SMILES string of the molecule is Cc1cccc(C(=O)NCC2CCCNC2)c1Cl. The zero-order valence-electron chi connectivity index (χ0n) is 10.6. The third-order valence-corrected chi connectivity index (χ3v) is 3.89. The van der Waals surface area contributed by atoms with Crippen LogP contribution >= 0.6 is 11.6 Å². The summed E-state index contributed by atoms with van der Waals surface area (Å²) in [5, 5.41) is 6.87. The van der Waals surface area contributed by atoms with E-state index in [1.807, 2.05) is 19.1 Å². The fraction of sp³-hybridized carbons (Fsp3) is 0.500. The summed E-state index contributed by atoms with van der Waals surface area (Å²) in [5.74, 6) is 0.459. The third-order valence-electron chi connectivity index (χ3n) is 3.39. The molecule has 1 heterocycles. The third kappa shape index (κ3) is 3.24. The van der Waals surface area contributed by atoms with Gasteiger partial charge in [0, 0.05) is 6.54 Å². The number of carbonyl (C=O) groups is 1. The van der Waals surface area contributed by atoms with Gasteiger partial charge in [0.05, 0.1) is 10.6 Å². The molecule has 0 spiro atoms. The molecule has 1 aromatic rings. The van der Waals surface area contributed by atoms with Crippen molar-refractivity contribution in [2.75, 3.05) is 19.6 Å². The van der Waals surface area contributed by atoms with E-state index in [1.165, 1.54) is 12.8 Å². The molecule has 0 bridgehead atoms. The molecule has 1 fully saturated rings. The van der Waals surface area contributed by atoms with E-state index in [2.05, 4.69) is 10.6 Å². The van der Waals surface area contributed by atoms with Gasteiger partial charge >= 0.3 is 0 Å². The molecule has 0 aliphatic carbocycles. The van der Waals surface area contributed by atoms with Gasteiger partial charge in [0.25, 0.3) is 5.91 Å². The number of aryl methyl sites for hydroxylation is 1. The number of rotatable bonds is 3. The molecular formula is C14H19ClN2O. The van der Waals surface area contributed by atoms with Gasteiger partial charge in [0.15, 0.2) is 0 Å². The van der Waals surface area contributed by atoms with Crippen LogP contribution in [0.4, 0.5) is 0 Å². The van der Waals surface area contributed by atoms with Crippen LogP contribution in [0.15, 0.2) is 18.2 Å². The minimum Gasteiger partial charge on any atom is -0.352 e. The Hall–Kier alpha value is -1.06. The van der Waals surface area contributed by atoms with Gasteiger partial charge in [-0.15, -0.1) is 0 Å². The van der Waals surface area contributed by atoms with E-state index in [9.17, 15) is 4.79 Å². The van der Waals surface area contributed by atoms with Crippen LogP contribution in [0.3, 0.4) is 0 Å². The van der Waals surface area contributed by atoms with Gasteiger partial charge in [-0.2, -0.15) is 0 Å². The number of hydrogen-bond acceptors (Lipinski definition) is 2. The molecule has 0 aromatic heterocycles. The quantitative estimate of drug-likeness (QED) is 0.882. The second-order valence-corrected chi connectivity index (χ2v) is 5.24. The minimum atomic E-state index is -0.0747. The summed E-state index contributed by atoms with van der Waals surface area (Å²) in [7, 11) is 0. The summed E-state index contributed by atoms with van der Waals surface area (Å²) >= 11 is 6.14. The van der Waals surface area contributed by atoms with Crippen LogP contribution in [0.5, 0.6) is 0 Å². The smallest absolute Gasteiger partial charge is 0.252 e. The first-order valence-electron chi connectivity index (χ1n) is 6.42. The lowest BCUT2D eigenvalue weighted by molar-refractivity contribution is 0.0945. The highest BCUT2D eigenvalue weighted by molar-refractivity contribution is 6.34. The van der Waals surface area contributed by atoms with Crippen LogP contribution in [0.25, 0.3) is 0 Å². The van der Waals surface area contributed by atoms with Gasteiger partial charge in [-0.3, -0.25) is 4.79 Å². The maximum atomic E-state index is 12.0. The molecule has 1 aromatic carbocycles. The Morgan fingerprint density at radius 2 is 2.39 bits per heavy atom. The van der Waals surface area contributed by atoms with Crippen LogP contribution < -0.4 is 10.6 Å². The highest BCUT2D eigenvalue weighted by Gasteiger charge is 2.16. The lowest BCUT2D eigenvalue weighted by atomic mass is 9.99. The van der Waals surface area contributed by atoms with Gasteiger partial charge < -0.3 is 10.6 Å². The molecule has 1 amide bonds. The minimum absolute atomic E-state index is 0.0747. The Bertz CT molecular complexity index is 428. The lowest BCUT2D eigenvalue weighted by Crippen LogP contribution is -2.38. The fourth-order valence-electron chi connectivity index (χ4n) is 2.25. The van der Waals surface area contributed by atoms with E-state index < -0.39 is 0 Å². The largest absolute Gasteiger partial charge is 0.352 e. The van der Waals surface area contributed by atoms with Crippen molar-refractivity contribution < 1.29 is 4.79 Å². The highest BCUT2D eigenvalue weighted by atomic mass is 35.5. The Morgan fingerprint density at radius 1 is 1.56 bits per heavy atom. The maximum Gasteiger partial charge on any atom is 0.252 e. The first kappa shape index (κ1) is 13.4. The normalized spacial score (nSPS) is 19.6. The average molecular weight is 267 g/mol. The molecule has 1 aliphatic rings. The Kier molecular flexibility index (Phi) is 4.61. The standard InChI is InChI=1S/C14H19ClN2O/c1-10-4-2-6-12(13(10)15)14(18)17-9-11-5-3-7-16-8-11/h2,4,6,11,16H,3,5,7-9H2,1H3,(H,17,18). The molecule has 0 radical (unpaired) electrons. The lowest BCUT2D eigenvalue weighted by Gasteiger charge is -2.23. The second kappa shape index (κ2) is 6.21. The van der Waals surface area contributed by atoms with Crippen molar-refractivity contribution in [3.05, 3.63) is 34.3 Å². The zero-order valence-corrected chi connectivity index (χ0v) is 11.4. The van der Waals surface area contributed by atoms with E-state index in [4.69, 9.17) is 11.6 Å². The van der Waals surface area contributed by atoms with Gasteiger partial charge in [0.2, 0.25) is 0 Å². The van der Waals surface area contributed by atoms with Crippen molar-refractivity contribution in [1.82, 2.24) is 10.6 Å². The first-order valence-corrected chi connectivity index (χ1v) is 6.80. The predicted molar refractivity (Wildman–Crippen MR) is 74.1 cm³/mol. The van der Waals surface area contributed by atoms with Gasteiger partial charge in [-0.1, -0.05) is 23.7 Å². The molecule has 4 heteroatoms. The summed E-state index contributed by atoms with van der Waals surface area (Å²) in [5.41, 5.74) is 1.50. The zero-order chi connectivity index (χ0) is 13.0. The van der Waals surface area contributed by atoms with Crippen LogP contribution in [-0.2, 0) is 0 Å². The predicted octanol–water partition coefficient (Wildman–Crippen LogP) is 2.38. The van der Waals surface area contributed by atoms with Crippen molar-refractivity contribution in [2.45, 2.75) is 19.8 Å². The molecule has 0 saturated carbocycles. The van der Waals surface area contributed by atoms with Crippen molar-refractivity contribution >= 4 is 17.5 Å². The second-order valence-electron chi connectivity index (χ2n) is 4.86. The average Bonchev–Trinajstić information content (AvgIpc) is 2.40. The number of hydrogen-bond donors (Lipinski definition) is 2. The number of carbonyl (C=O) groups excluding carboxylic acids is 1. The van der Waals surface area contributed by atoms with Crippen LogP contribution in [0.1, 0.15) is 28.8 Å². The number of amides is 1. The van der Waals surface area contributed by atoms with Crippen molar-refractivity contribution in [3.8, 4) is 0 Å². The molecule has 1 saturated heterocycles. The molecule has 98 valence electrons. The molecule has 1 atom stereocenters. The van der Waals surface area contributed by atoms with E-state index in [0.717, 1.165) is 25.2 Å². The van der Waals surface area contributed by atoms with Gasteiger partial charge in [-0.25, -0.2) is 0 Å². The molecule has 1 aliphatic heterocycles. The summed E-state index contributed by atoms with van der Waals surface area (Å²) in [6.07, 6.45) is 2.36. The molecular weight excluding hydrogens is 248 g/mol. The van der Waals surface area contributed by atoms with Crippen LogP contribution in [0.2, 0.25) is 5.02 Å². The molecule has 1 unspecified atom stereocenters. The van der Waals surface area contributed by atoms with Gasteiger partial charge in [0.1, 0.15) is 0 Å². The van der Waals surface area contributed by atoms with E-state index in [-0.39, 0.29) is 5.91 Å². The van der Waals surface area contributed by atoms with Gasteiger partial charge in [-0.05, 0) is 50.4 Å². The number of piperidine rings is 1.